The summed E-state index contributed by atoms with van der Waals surface area (Å²) in [6.45, 7) is 6.00. The predicted molar refractivity (Wildman–Crippen MR) is 62.1 cm³/mol. The molecule has 1 unspecified atom stereocenters. The van der Waals surface area contributed by atoms with Crippen LogP contribution in [0.15, 0.2) is 0 Å². The summed E-state index contributed by atoms with van der Waals surface area (Å²) >= 11 is 0. The topological polar surface area (TPSA) is 105 Å². The zero-order valence-electron chi connectivity index (χ0n) is 11.4. The van der Waals surface area contributed by atoms with E-state index in [4.69, 9.17) is 14.2 Å². The maximum atomic E-state index is 11.5. The van der Waals surface area contributed by atoms with Crippen molar-refractivity contribution >= 4 is 6.16 Å². The molecule has 3 N–H and O–H groups in total. The Hall–Kier alpha value is -0.890. The second kappa shape index (κ2) is 4.05. The largest absolute Gasteiger partial charge is 0.509 e. The Bertz CT molecular complexity index is 394. The van der Waals surface area contributed by atoms with Gasteiger partial charge in [0.2, 0.25) is 5.79 Å². The lowest BCUT2D eigenvalue weighted by Crippen LogP contribution is -2.45. The molecule has 1 saturated heterocycles. The molecule has 0 radical (unpaired) electrons. The minimum Gasteiger partial charge on any atom is -0.432 e. The van der Waals surface area contributed by atoms with Crippen LogP contribution in [0.2, 0.25) is 0 Å². The van der Waals surface area contributed by atoms with Gasteiger partial charge in [0.25, 0.3) is 0 Å². The monoisotopic (exact) mass is 276 g/mol. The molecular weight excluding hydrogens is 256 g/mol. The van der Waals surface area contributed by atoms with E-state index in [2.05, 4.69) is 0 Å². The highest BCUT2D eigenvalue weighted by atomic mass is 16.8. The molecule has 1 aliphatic heterocycles. The summed E-state index contributed by atoms with van der Waals surface area (Å²) < 4.78 is 15.1. The van der Waals surface area contributed by atoms with Gasteiger partial charge in [-0.1, -0.05) is 13.8 Å². The van der Waals surface area contributed by atoms with Crippen LogP contribution >= 0.6 is 0 Å². The third-order valence-electron chi connectivity index (χ3n) is 4.06. The van der Waals surface area contributed by atoms with Crippen LogP contribution in [0.25, 0.3) is 0 Å². The number of rotatable bonds is 3. The molecule has 4 atom stereocenters. The molecule has 2 rings (SSSR count). The van der Waals surface area contributed by atoms with Crippen LogP contribution in [0.1, 0.15) is 27.7 Å². The quantitative estimate of drug-likeness (QED) is 0.611. The minimum absolute atomic E-state index is 0.372. The number of hydrogen-bond acceptors (Lipinski definition) is 7. The second-order valence-corrected chi connectivity index (χ2v) is 5.83. The van der Waals surface area contributed by atoms with E-state index in [1.807, 2.05) is 0 Å². The molecule has 0 aromatic rings. The summed E-state index contributed by atoms with van der Waals surface area (Å²) in [6, 6.07) is 0. The van der Waals surface area contributed by atoms with Crippen molar-refractivity contribution in [1.82, 2.24) is 0 Å². The lowest BCUT2D eigenvalue weighted by atomic mass is 9.98. The number of aliphatic hydroxyl groups is 3. The lowest BCUT2D eigenvalue weighted by molar-refractivity contribution is -0.180. The van der Waals surface area contributed by atoms with Crippen LogP contribution in [0, 0.1) is 5.41 Å². The van der Waals surface area contributed by atoms with E-state index in [1.165, 1.54) is 0 Å². The number of aliphatic hydroxyl groups excluding tert-OH is 1. The standard InChI is InChI=1S/C12H20O7/c1-6(2)17-9(14)18-8-7(5-13)19-12(16)10(3,4)11(8,12)15/h6-8,13,15-16H,5H2,1-4H3/t7-,8+,11+,12?/m1/s1. The first-order chi connectivity index (χ1) is 8.61. The Kier molecular flexibility index (Phi) is 3.10. The van der Waals surface area contributed by atoms with Crippen molar-refractivity contribution in [2.45, 2.75) is 57.4 Å². The van der Waals surface area contributed by atoms with Gasteiger partial charge in [-0.2, -0.15) is 0 Å². The Labute approximate surface area is 111 Å². The van der Waals surface area contributed by atoms with Gasteiger partial charge in [0.05, 0.1) is 18.1 Å². The van der Waals surface area contributed by atoms with Crippen LogP contribution in [0.4, 0.5) is 4.79 Å². The van der Waals surface area contributed by atoms with Gasteiger partial charge in [-0.25, -0.2) is 4.79 Å². The van der Waals surface area contributed by atoms with E-state index in [0.717, 1.165) is 0 Å². The highest BCUT2D eigenvalue weighted by Gasteiger charge is 2.93. The first kappa shape index (κ1) is 14.5. The summed E-state index contributed by atoms with van der Waals surface area (Å²) in [5, 5.41) is 29.9. The lowest BCUT2D eigenvalue weighted by Gasteiger charge is -2.27. The van der Waals surface area contributed by atoms with E-state index < -0.39 is 41.8 Å². The van der Waals surface area contributed by atoms with Crippen LogP contribution in [-0.2, 0) is 14.2 Å². The maximum Gasteiger partial charge on any atom is 0.509 e. The van der Waals surface area contributed by atoms with Gasteiger partial charge in [0.1, 0.15) is 6.10 Å². The molecule has 0 spiro atoms. The fourth-order valence-electron chi connectivity index (χ4n) is 2.78. The molecule has 0 bridgehead atoms. The van der Waals surface area contributed by atoms with E-state index >= 15 is 0 Å². The van der Waals surface area contributed by atoms with Gasteiger partial charge in [-0.3, -0.25) is 0 Å². The van der Waals surface area contributed by atoms with Crippen LogP contribution in [0.5, 0.6) is 0 Å². The fraction of sp³-hybridized carbons (Fsp3) is 0.917. The van der Waals surface area contributed by atoms with Crippen molar-refractivity contribution in [1.29, 1.82) is 0 Å². The van der Waals surface area contributed by atoms with Gasteiger partial charge in [0.15, 0.2) is 11.7 Å². The average molecular weight is 276 g/mol. The Morgan fingerprint density at radius 2 is 1.95 bits per heavy atom. The van der Waals surface area contributed by atoms with Crippen LogP contribution < -0.4 is 0 Å². The SMILES string of the molecule is CC(C)OC(=O)O[C@H]1[C@@H](CO)OC2(O)C(C)(C)[C@@]12O. The van der Waals surface area contributed by atoms with Crippen molar-refractivity contribution in [3.63, 3.8) is 0 Å². The van der Waals surface area contributed by atoms with Crippen LogP contribution in [-0.4, -0.2) is 57.8 Å². The maximum absolute atomic E-state index is 11.5. The van der Waals surface area contributed by atoms with Gasteiger partial charge in [0, 0.05) is 0 Å². The molecule has 1 saturated carbocycles. The second-order valence-electron chi connectivity index (χ2n) is 5.83. The highest BCUT2D eigenvalue weighted by Crippen LogP contribution is 2.72. The van der Waals surface area contributed by atoms with E-state index in [1.54, 1.807) is 27.7 Å². The molecule has 2 fully saturated rings. The molecule has 0 amide bonds. The third-order valence-corrected chi connectivity index (χ3v) is 4.06. The van der Waals surface area contributed by atoms with Crippen molar-refractivity contribution in [3.05, 3.63) is 0 Å². The summed E-state index contributed by atoms with van der Waals surface area (Å²) in [5.74, 6) is -1.82. The molecular formula is C12H20O7. The number of hydrogen-bond donors (Lipinski definition) is 3. The molecule has 1 heterocycles. The number of ether oxygens (including phenoxy) is 3. The van der Waals surface area contributed by atoms with Crippen LogP contribution in [0.3, 0.4) is 0 Å². The smallest absolute Gasteiger partial charge is 0.432 e. The van der Waals surface area contributed by atoms with Gasteiger partial charge in [-0.05, 0) is 13.8 Å². The Morgan fingerprint density at radius 3 is 2.42 bits per heavy atom. The Balaban J connectivity index is 2.16. The average Bonchev–Trinajstić information content (AvgIpc) is 2.50. The molecule has 110 valence electrons. The van der Waals surface area contributed by atoms with Crippen molar-refractivity contribution in [2.75, 3.05) is 6.61 Å². The molecule has 0 aromatic heterocycles. The molecule has 0 aromatic carbocycles. The summed E-state index contributed by atoms with van der Waals surface area (Å²) in [7, 11) is 0. The summed E-state index contributed by atoms with van der Waals surface area (Å²) in [4.78, 5) is 11.5. The van der Waals surface area contributed by atoms with Gasteiger partial charge >= 0.3 is 6.16 Å². The Morgan fingerprint density at radius 1 is 1.37 bits per heavy atom. The summed E-state index contributed by atoms with van der Waals surface area (Å²) in [5.41, 5.74) is -2.74. The zero-order valence-corrected chi connectivity index (χ0v) is 11.4. The molecule has 19 heavy (non-hydrogen) atoms. The number of carbonyl (C=O) groups excluding carboxylic acids is 1. The van der Waals surface area contributed by atoms with E-state index in [-0.39, 0.29) is 6.10 Å². The van der Waals surface area contributed by atoms with Gasteiger partial charge in [-0.15, -0.1) is 0 Å². The number of fused-ring (bicyclic) bond motifs is 1. The first-order valence-corrected chi connectivity index (χ1v) is 6.22. The first-order valence-electron chi connectivity index (χ1n) is 6.22. The normalized spacial score (nSPS) is 42.9. The molecule has 2 aliphatic rings. The van der Waals surface area contributed by atoms with E-state index in [0.29, 0.717) is 0 Å². The van der Waals surface area contributed by atoms with Gasteiger partial charge < -0.3 is 29.5 Å². The highest BCUT2D eigenvalue weighted by molar-refractivity contribution is 5.61. The van der Waals surface area contributed by atoms with Crippen molar-refractivity contribution in [3.8, 4) is 0 Å². The third kappa shape index (κ3) is 1.62. The molecule has 1 aliphatic carbocycles. The zero-order chi connectivity index (χ0) is 14.6. The molecule has 7 nitrogen and oxygen atoms in total. The minimum atomic E-state index is -1.82. The summed E-state index contributed by atoms with van der Waals surface area (Å²) in [6.07, 6.45) is -3.50. The van der Waals surface area contributed by atoms with Crippen molar-refractivity contribution < 1.29 is 34.3 Å². The van der Waals surface area contributed by atoms with Crippen molar-refractivity contribution in [2.24, 2.45) is 5.41 Å². The molecule has 7 heteroatoms. The van der Waals surface area contributed by atoms with E-state index in [9.17, 15) is 20.1 Å². The number of carbonyl (C=O) groups is 1. The fourth-order valence-corrected chi connectivity index (χ4v) is 2.78. The predicted octanol–water partition coefficient (Wildman–Crippen LogP) is -0.233.